The molecule has 252 valence electrons. The number of hydrogen-bond donors (Lipinski definition) is 0. The van der Waals surface area contributed by atoms with Gasteiger partial charge >= 0.3 is 0 Å². The third kappa shape index (κ3) is 4.88. The highest BCUT2D eigenvalue weighted by molar-refractivity contribution is 7.36. The van der Waals surface area contributed by atoms with Crippen LogP contribution in [0.3, 0.4) is 0 Å². The van der Waals surface area contributed by atoms with Crippen molar-refractivity contribution in [3.63, 3.8) is 0 Å². The quantitative estimate of drug-likeness (QED) is 0.175. The molecule has 4 aromatic heterocycles. The molecule has 0 unspecified atom stereocenters. The molecular formula is C50H28OS3. The summed E-state index contributed by atoms with van der Waals surface area (Å²) in [5.41, 5.74) is 8.23. The van der Waals surface area contributed by atoms with Crippen LogP contribution in [0.4, 0.5) is 0 Å². The van der Waals surface area contributed by atoms with Gasteiger partial charge in [-0.2, -0.15) is 0 Å². The maximum atomic E-state index is 6.30. The normalized spacial score (nSPS) is 12.1. The SMILES string of the molecule is c1ccc2cc3oc(-c4ccc(-c5ccc6c(c5)sc5c7ccc(-c8ccc(-c9cc%10cc%11ccccc%11cc%10s9)cc8)cc7sc65)cc4)cc3cc2c1. The van der Waals surface area contributed by atoms with Gasteiger partial charge in [-0.3, -0.25) is 0 Å². The van der Waals surface area contributed by atoms with Crippen molar-refractivity contribution in [3.05, 3.63) is 170 Å². The van der Waals surface area contributed by atoms with Gasteiger partial charge in [-0.1, -0.05) is 121 Å². The van der Waals surface area contributed by atoms with E-state index in [2.05, 4.69) is 170 Å². The molecule has 0 atom stereocenters. The molecule has 0 aliphatic heterocycles. The molecule has 0 radical (unpaired) electrons. The zero-order valence-electron chi connectivity index (χ0n) is 28.8. The van der Waals surface area contributed by atoms with E-state index in [1.54, 1.807) is 0 Å². The number of thiophene rings is 3. The first-order valence-electron chi connectivity index (χ1n) is 18.1. The highest BCUT2D eigenvalue weighted by atomic mass is 32.1. The highest BCUT2D eigenvalue weighted by Crippen LogP contribution is 2.46. The molecular weight excluding hydrogens is 713 g/mol. The molecule has 0 bridgehead atoms. The number of furan rings is 1. The van der Waals surface area contributed by atoms with E-state index in [1.807, 2.05) is 34.0 Å². The van der Waals surface area contributed by atoms with Crippen LogP contribution in [-0.4, -0.2) is 0 Å². The van der Waals surface area contributed by atoms with Crippen LogP contribution >= 0.6 is 34.0 Å². The van der Waals surface area contributed by atoms with Crippen LogP contribution in [0, 0.1) is 0 Å². The van der Waals surface area contributed by atoms with E-state index < -0.39 is 0 Å². The van der Waals surface area contributed by atoms with Gasteiger partial charge in [0.2, 0.25) is 0 Å². The number of fused-ring (bicyclic) bond motifs is 9. The molecule has 4 heterocycles. The van der Waals surface area contributed by atoms with E-state index in [0.29, 0.717) is 0 Å². The van der Waals surface area contributed by atoms with Crippen molar-refractivity contribution in [1.82, 2.24) is 0 Å². The first-order chi connectivity index (χ1) is 26.7. The molecule has 0 saturated carbocycles. The van der Waals surface area contributed by atoms with Gasteiger partial charge < -0.3 is 4.42 Å². The van der Waals surface area contributed by atoms with Crippen LogP contribution in [-0.2, 0) is 0 Å². The summed E-state index contributed by atoms with van der Waals surface area (Å²) in [6.45, 7) is 0. The van der Waals surface area contributed by atoms with Crippen molar-refractivity contribution in [3.8, 4) is 44.0 Å². The monoisotopic (exact) mass is 740 g/mol. The Balaban J connectivity index is 0.823. The summed E-state index contributed by atoms with van der Waals surface area (Å²) < 4.78 is 13.1. The van der Waals surface area contributed by atoms with Crippen molar-refractivity contribution in [2.75, 3.05) is 0 Å². The Morgan fingerprint density at radius 2 is 0.815 bits per heavy atom. The molecule has 1 nitrogen and oxygen atoms in total. The van der Waals surface area contributed by atoms with Crippen LogP contribution in [0.2, 0.25) is 0 Å². The molecule has 12 rings (SSSR count). The molecule has 54 heavy (non-hydrogen) atoms. The van der Waals surface area contributed by atoms with Crippen LogP contribution in [0.1, 0.15) is 0 Å². The van der Waals surface area contributed by atoms with Crippen LogP contribution in [0.5, 0.6) is 0 Å². The molecule has 4 heteroatoms. The van der Waals surface area contributed by atoms with Gasteiger partial charge in [0.1, 0.15) is 11.3 Å². The molecule has 0 saturated heterocycles. The summed E-state index contributed by atoms with van der Waals surface area (Å²) in [6, 6.07) is 62.3. The second kappa shape index (κ2) is 11.7. The Hall–Kier alpha value is -6.04. The number of hydrogen-bond acceptors (Lipinski definition) is 4. The Bertz CT molecular complexity index is 3090. The molecule has 0 fully saturated rings. The van der Waals surface area contributed by atoms with Crippen molar-refractivity contribution < 1.29 is 4.42 Å². The molecule has 0 amide bonds. The molecule has 0 aliphatic rings. The lowest BCUT2D eigenvalue weighted by molar-refractivity contribution is 0.632. The van der Waals surface area contributed by atoms with Crippen molar-refractivity contribution >= 4 is 106 Å². The van der Waals surface area contributed by atoms with Gasteiger partial charge in [-0.05, 0) is 103 Å². The van der Waals surface area contributed by atoms with Crippen LogP contribution in [0.25, 0.3) is 116 Å². The zero-order valence-corrected chi connectivity index (χ0v) is 31.2. The predicted octanol–water partition coefficient (Wildman–Crippen LogP) is 16.2. The topological polar surface area (TPSA) is 13.1 Å². The average Bonchev–Trinajstić information content (AvgIpc) is 4.00. The Morgan fingerprint density at radius 1 is 0.315 bits per heavy atom. The van der Waals surface area contributed by atoms with E-state index in [-0.39, 0.29) is 0 Å². The first kappa shape index (κ1) is 30.4. The average molecular weight is 741 g/mol. The zero-order chi connectivity index (χ0) is 35.3. The van der Waals surface area contributed by atoms with Crippen molar-refractivity contribution in [2.45, 2.75) is 0 Å². The van der Waals surface area contributed by atoms with Gasteiger partial charge in [-0.15, -0.1) is 34.0 Å². The molecule has 8 aromatic carbocycles. The van der Waals surface area contributed by atoms with E-state index in [0.717, 1.165) is 22.3 Å². The fraction of sp³-hybridized carbons (Fsp3) is 0. The van der Waals surface area contributed by atoms with E-state index in [9.17, 15) is 0 Å². The summed E-state index contributed by atoms with van der Waals surface area (Å²) in [5, 5.41) is 10.1. The lowest BCUT2D eigenvalue weighted by Crippen LogP contribution is -1.79. The van der Waals surface area contributed by atoms with Gasteiger partial charge in [-0.25, -0.2) is 0 Å². The van der Waals surface area contributed by atoms with E-state index >= 15 is 0 Å². The Labute approximate surface area is 322 Å². The third-order valence-corrected chi connectivity index (χ3v) is 14.5. The summed E-state index contributed by atoms with van der Waals surface area (Å²) in [5.74, 6) is 0.897. The summed E-state index contributed by atoms with van der Waals surface area (Å²) in [4.78, 5) is 1.31. The highest BCUT2D eigenvalue weighted by Gasteiger charge is 2.15. The maximum Gasteiger partial charge on any atom is 0.135 e. The number of benzene rings is 8. The summed E-state index contributed by atoms with van der Waals surface area (Å²) in [6.07, 6.45) is 0. The van der Waals surface area contributed by atoms with Crippen molar-refractivity contribution in [1.29, 1.82) is 0 Å². The van der Waals surface area contributed by atoms with Crippen molar-refractivity contribution in [2.24, 2.45) is 0 Å². The smallest absolute Gasteiger partial charge is 0.135 e. The summed E-state index contributed by atoms with van der Waals surface area (Å²) >= 11 is 5.70. The fourth-order valence-corrected chi connectivity index (χ4v) is 11.8. The maximum absolute atomic E-state index is 6.30. The molecule has 0 aliphatic carbocycles. The minimum absolute atomic E-state index is 0.897. The van der Waals surface area contributed by atoms with Crippen LogP contribution < -0.4 is 0 Å². The van der Waals surface area contributed by atoms with Gasteiger partial charge in [0.25, 0.3) is 0 Å². The van der Waals surface area contributed by atoms with Gasteiger partial charge in [0.15, 0.2) is 0 Å². The lowest BCUT2D eigenvalue weighted by Gasteiger charge is -2.04. The number of rotatable bonds is 4. The molecule has 12 aromatic rings. The minimum Gasteiger partial charge on any atom is -0.456 e. The predicted molar refractivity (Wildman–Crippen MR) is 237 cm³/mol. The van der Waals surface area contributed by atoms with Gasteiger partial charge in [0, 0.05) is 40.7 Å². The second-order valence-corrected chi connectivity index (χ2v) is 17.3. The van der Waals surface area contributed by atoms with E-state index in [4.69, 9.17) is 4.42 Å². The summed E-state index contributed by atoms with van der Waals surface area (Å²) in [7, 11) is 0. The fourth-order valence-electron chi connectivity index (χ4n) is 8.01. The second-order valence-electron chi connectivity index (χ2n) is 14.1. The Morgan fingerprint density at radius 3 is 1.43 bits per heavy atom. The Kier molecular flexibility index (Phi) is 6.61. The van der Waals surface area contributed by atoms with Crippen LogP contribution in [0.15, 0.2) is 174 Å². The minimum atomic E-state index is 0.897. The standard InChI is InChI=1S/C50H28OS3/c1-3-7-35-23-44-39(21-33(35)5-1)24-43(51-44)31-13-9-29(10-14-31)37-17-19-41-47(26-37)53-50-42-20-18-38(27-48(42)54-49(41)50)30-11-15-32(16-12-30)45-28-40-22-34-6-2-4-8-36(34)25-46(40)52-45/h1-28H. The lowest BCUT2D eigenvalue weighted by atomic mass is 10.0. The van der Waals surface area contributed by atoms with Gasteiger partial charge in [0.05, 0.1) is 9.40 Å². The van der Waals surface area contributed by atoms with E-state index in [1.165, 1.54) is 93.9 Å². The molecule has 0 N–H and O–H groups in total. The largest absolute Gasteiger partial charge is 0.456 e. The first-order valence-corrected chi connectivity index (χ1v) is 20.6. The molecule has 0 spiro atoms. The third-order valence-electron chi connectivity index (χ3n) is 10.9.